The summed E-state index contributed by atoms with van der Waals surface area (Å²) in [5.41, 5.74) is 1.90. The van der Waals surface area contributed by atoms with Crippen molar-refractivity contribution in [1.29, 1.82) is 0 Å². The number of para-hydroxylation sites is 1. The number of carbonyl (C=O) groups excluding carboxylic acids is 2. The third kappa shape index (κ3) is 4.52. The molecule has 2 saturated heterocycles. The van der Waals surface area contributed by atoms with E-state index in [9.17, 15) is 9.59 Å². The Bertz CT molecular complexity index is 926. The van der Waals surface area contributed by atoms with Gasteiger partial charge in [0.1, 0.15) is 0 Å². The molecule has 30 heavy (non-hydrogen) atoms. The Morgan fingerprint density at radius 3 is 2.50 bits per heavy atom. The maximum Gasteiger partial charge on any atom is 0.246 e. The zero-order valence-electron chi connectivity index (χ0n) is 17.4. The summed E-state index contributed by atoms with van der Waals surface area (Å²) in [7, 11) is 0. The molecule has 0 N–H and O–H groups in total. The fourth-order valence-corrected chi connectivity index (χ4v) is 4.06. The largest absolute Gasteiger partial charge is 0.378 e. The number of ether oxygens (including phenoxy) is 1. The highest BCUT2D eigenvalue weighted by atomic mass is 16.5. The van der Waals surface area contributed by atoms with Gasteiger partial charge in [0.15, 0.2) is 0 Å². The molecule has 1 aromatic carbocycles. The normalized spacial score (nSPS) is 19.4. The summed E-state index contributed by atoms with van der Waals surface area (Å²) >= 11 is 0. The number of aromatic nitrogens is 1. The minimum absolute atomic E-state index is 0.00250. The molecule has 158 valence electrons. The van der Waals surface area contributed by atoms with Crippen LogP contribution in [-0.4, -0.2) is 90.0 Å². The van der Waals surface area contributed by atoms with Gasteiger partial charge in [0.05, 0.1) is 24.8 Å². The molecule has 2 aromatic rings. The van der Waals surface area contributed by atoms with Crippen LogP contribution in [0.25, 0.3) is 17.0 Å². The number of fused-ring (bicyclic) bond motifs is 1. The number of hydrogen-bond acceptors (Lipinski definition) is 5. The highest BCUT2D eigenvalue weighted by Crippen LogP contribution is 2.18. The molecule has 4 rings (SSSR count). The van der Waals surface area contributed by atoms with Crippen molar-refractivity contribution < 1.29 is 14.3 Å². The molecule has 0 radical (unpaired) electrons. The van der Waals surface area contributed by atoms with E-state index in [0.717, 1.165) is 16.5 Å². The van der Waals surface area contributed by atoms with Gasteiger partial charge in [-0.05, 0) is 30.7 Å². The molecule has 3 heterocycles. The highest BCUT2D eigenvalue weighted by molar-refractivity contribution is 5.95. The molecule has 2 amide bonds. The predicted octanol–water partition coefficient (Wildman–Crippen LogP) is 1.64. The molecule has 1 atom stereocenters. The van der Waals surface area contributed by atoms with Gasteiger partial charge < -0.3 is 14.5 Å². The lowest BCUT2D eigenvalue weighted by Gasteiger charge is -2.39. The van der Waals surface area contributed by atoms with E-state index in [1.54, 1.807) is 12.3 Å². The van der Waals surface area contributed by atoms with Crippen molar-refractivity contribution in [3.63, 3.8) is 0 Å². The number of hydrogen-bond donors (Lipinski definition) is 0. The molecule has 1 aromatic heterocycles. The van der Waals surface area contributed by atoms with Gasteiger partial charge in [0, 0.05) is 56.9 Å². The van der Waals surface area contributed by atoms with E-state index >= 15 is 0 Å². The minimum Gasteiger partial charge on any atom is -0.378 e. The first-order chi connectivity index (χ1) is 14.6. The van der Waals surface area contributed by atoms with Gasteiger partial charge in [-0.3, -0.25) is 19.5 Å². The number of rotatable bonds is 4. The van der Waals surface area contributed by atoms with Crippen molar-refractivity contribution in [2.45, 2.75) is 13.0 Å². The number of benzene rings is 1. The van der Waals surface area contributed by atoms with Crippen LogP contribution in [0.5, 0.6) is 0 Å². The molecule has 0 aliphatic carbocycles. The van der Waals surface area contributed by atoms with E-state index in [1.807, 2.05) is 53.1 Å². The highest BCUT2D eigenvalue weighted by Gasteiger charge is 2.30. The molecule has 0 spiro atoms. The van der Waals surface area contributed by atoms with E-state index in [-0.39, 0.29) is 17.9 Å². The van der Waals surface area contributed by atoms with Gasteiger partial charge in [0.25, 0.3) is 0 Å². The van der Waals surface area contributed by atoms with Crippen molar-refractivity contribution in [3.8, 4) is 0 Å². The van der Waals surface area contributed by atoms with Crippen LogP contribution in [0.1, 0.15) is 12.5 Å². The average molecular weight is 409 g/mol. The van der Waals surface area contributed by atoms with E-state index in [4.69, 9.17) is 4.74 Å². The summed E-state index contributed by atoms with van der Waals surface area (Å²) in [6.45, 7) is 7.17. The molecule has 1 unspecified atom stereocenters. The topological polar surface area (TPSA) is 66.0 Å². The first-order valence-electron chi connectivity index (χ1n) is 10.5. The standard InChI is InChI=1S/C23H28N4O3/c1-18(23(29)27-14-16-30-17-15-27)25-10-12-26(13-11-25)22(28)7-6-19-8-9-24-21-5-3-2-4-20(19)21/h2-9,18H,10-17H2,1H3/b7-6+. The minimum atomic E-state index is -0.168. The Morgan fingerprint density at radius 2 is 1.73 bits per heavy atom. The number of carbonyl (C=O) groups is 2. The van der Waals surface area contributed by atoms with Crippen LogP contribution in [0.4, 0.5) is 0 Å². The average Bonchev–Trinajstić information content (AvgIpc) is 2.82. The second-order valence-corrected chi connectivity index (χ2v) is 7.73. The first kappa shape index (κ1) is 20.5. The van der Waals surface area contributed by atoms with Gasteiger partial charge >= 0.3 is 0 Å². The third-order valence-corrected chi connectivity index (χ3v) is 5.94. The fraction of sp³-hybridized carbons (Fsp3) is 0.435. The molecule has 2 aliphatic rings. The second-order valence-electron chi connectivity index (χ2n) is 7.73. The molecule has 7 heteroatoms. The number of pyridine rings is 1. The van der Waals surface area contributed by atoms with Crippen molar-refractivity contribution in [3.05, 3.63) is 48.2 Å². The van der Waals surface area contributed by atoms with Crippen molar-refractivity contribution in [2.24, 2.45) is 0 Å². The van der Waals surface area contributed by atoms with Crippen molar-refractivity contribution in [1.82, 2.24) is 19.7 Å². The molecule has 2 fully saturated rings. The lowest BCUT2D eigenvalue weighted by atomic mass is 10.1. The summed E-state index contributed by atoms with van der Waals surface area (Å²) in [5.74, 6) is 0.158. The summed E-state index contributed by atoms with van der Waals surface area (Å²) < 4.78 is 5.33. The summed E-state index contributed by atoms with van der Waals surface area (Å²) in [6.07, 6.45) is 5.27. The Morgan fingerprint density at radius 1 is 1.00 bits per heavy atom. The van der Waals surface area contributed by atoms with Crippen LogP contribution in [0.3, 0.4) is 0 Å². The number of nitrogens with zero attached hydrogens (tertiary/aromatic N) is 4. The lowest BCUT2D eigenvalue weighted by molar-refractivity contribution is -0.141. The lowest BCUT2D eigenvalue weighted by Crippen LogP contribution is -2.56. The van der Waals surface area contributed by atoms with Crippen LogP contribution >= 0.6 is 0 Å². The predicted molar refractivity (Wildman–Crippen MR) is 116 cm³/mol. The van der Waals surface area contributed by atoms with Crippen LogP contribution in [0, 0.1) is 0 Å². The molecule has 0 bridgehead atoms. The number of morpholine rings is 1. The maximum atomic E-state index is 12.7. The molecule has 0 saturated carbocycles. The smallest absolute Gasteiger partial charge is 0.246 e. The van der Waals surface area contributed by atoms with Gasteiger partial charge in [-0.1, -0.05) is 18.2 Å². The number of piperazine rings is 1. The van der Waals surface area contributed by atoms with Gasteiger partial charge in [0.2, 0.25) is 11.8 Å². The first-order valence-corrected chi connectivity index (χ1v) is 10.5. The molecular weight excluding hydrogens is 380 g/mol. The Kier molecular flexibility index (Phi) is 6.40. The van der Waals surface area contributed by atoms with E-state index in [1.165, 1.54) is 0 Å². The monoisotopic (exact) mass is 408 g/mol. The van der Waals surface area contributed by atoms with Crippen LogP contribution in [0.15, 0.2) is 42.6 Å². The summed E-state index contributed by atoms with van der Waals surface area (Å²) in [6, 6.07) is 9.66. The molecule has 7 nitrogen and oxygen atoms in total. The van der Waals surface area contributed by atoms with E-state index in [0.29, 0.717) is 52.5 Å². The third-order valence-electron chi connectivity index (χ3n) is 5.94. The quantitative estimate of drug-likeness (QED) is 0.720. The van der Waals surface area contributed by atoms with Gasteiger partial charge in [-0.15, -0.1) is 0 Å². The van der Waals surface area contributed by atoms with Crippen molar-refractivity contribution in [2.75, 3.05) is 52.5 Å². The fourth-order valence-electron chi connectivity index (χ4n) is 4.06. The second kappa shape index (κ2) is 9.36. The number of amides is 2. The Hall–Kier alpha value is -2.77. The SMILES string of the molecule is CC(C(=O)N1CCOCC1)N1CCN(C(=O)/C=C/c2ccnc3ccccc23)CC1. The maximum absolute atomic E-state index is 12.7. The van der Waals surface area contributed by atoms with E-state index < -0.39 is 0 Å². The van der Waals surface area contributed by atoms with Crippen LogP contribution in [0.2, 0.25) is 0 Å². The summed E-state index contributed by atoms with van der Waals surface area (Å²) in [4.78, 5) is 35.7. The van der Waals surface area contributed by atoms with Gasteiger partial charge in [-0.2, -0.15) is 0 Å². The van der Waals surface area contributed by atoms with Gasteiger partial charge in [-0.25, -0.2) is 0 Å². The van der Waals surface area contributed by atoms with Crippen LogP contribution < -0.4 is 0 Å². The van der Waals surface area contributed by atoms with E-state index in [2.05, 4.69) is 9.88 Å². The van der Waals surface area contributed by atoms with Crippen molar-refractivity contribution >= 4 is 28.8 Å². The molecular formula is C23H28N4O3. The zero-order valence-corrected chi connectivity index (χ0v) is 17.4. The zero-order chi connectivity index (χ0) is 20.9. The Labute approximate surface area is 176 Å². The Balaban J connectivity index is 1.33. The van der Waals surface area contributed by atoms with Crippen LogP contribution in [-0.2, 0) is 14.3 Å². The summed E-state index contributed by atoms with van der Waals surface area (Å²) in [5, 5.41) is 1.03. The molecule has 2 aliphatic heterocycles.